The molecule has 2 heterocycles. The molecule has 0 amide bonds. The number of hydrogen-bond acceptors (Lipinski definition) is 2. The average Bonchev–Trinajstić information content (AvgIpc) is 2.56. The van der Waals surface area contributed by atoms with Crippen LogP contribution in [0.1, 0.15) is 50.8 Å². The maximum atomic E-state index is 4.47. The van der Waals surface area contributed by atoms with Crippen molar-refractivity contribution in [1.82, 2.24) is 10.3 Å². The summed E-state index contributed by atoms with van der Waals surface area (Å²) in [6.45, 7) is 7.81. The van der Waals surface area contributed by atoms with Gasteiger partial charge in [-0.25, -0.2) is 0 Å². The van der Waals surface area contributed by atoms with E-state index < -0.39 is 0 Å². The Kier molecular flexibility index (Phi) is 3.82. The van der Waals surface area contributed by atoms with Crippen LogP contribution in [0.2, 0.25) is 0 Å². The molecule has 0 aliphatic carbocycles. The van der Waals surface area contributed by atoms with Crippen molar-refractivity contribution in [2.45, 2.75) is 52.0 Å². The SMILES string of the molecule is Cc1ccc(C2(C(C)C)CCCCCN2)cn1. The van der Waals surface area contributed by atoms with Gasteiger partial charge in [0.05, 0.1) is 0 Å². The summed E-state index contributed by atoms with van der Waals surface area (Å²) in [7, 11) is 0. The number of nitrogens with zero attached hydrogens (tertiary/aromatic N) is 1. The van der Waals surface area contributed by atoms with Crippen LogP contribution in [0.5, 0.6) is 0 Å². The molecule has 1 aliphatic rings. The Morgan fingerprint density at radius 1 is 1.24 bits per heavy atom. The molecule has 94 valence electrons. The van der Waals surface area contributed by atoms with Gasteiger partial charge in [-0.1, -0.05) is 32.8 Å². The van der Waals surface area contributed by atoms with E-state index in [4.69, 9.17) is 0 Å². The van der Waals surface area contributed by atoms with E-state index in [1.54, 1.807) is 0 Å². The molecule has 0 spiro atoms. The molecule has 0 aromatic carbocycles. The van der Waals surface area contributed by atoms with Crippen molar-refractivity contribution in [2.75, 3.05) is 6.54 Å². The van der Waals surface area contributed by atoms with Crippen LogP contribution in [-0.2, 0) is 5.54 Å². The van der Waals surface area contributed by atoms with Crippen LogP contribution in [0.4, 0.5) is 0 Å². The zero-order valence-corrected chi connectivity index (χ0v) is 11.3. The van der Waals surface area contributed by atoms with Crippen molar-refractivity contribution in [2.24, 2.45) is 5.92 Å². The molecule has 1 unspecified atom stereocenters. The lowest BCUT2D eigenvalue weighted by Gasteiger charge is -2.38. The van der Waals surface area contributed by atoms with Crippen molar-refractivity contribution in [3.8, 4) is 0 Å². The van der Waals surface area contributed by atoms with Gasteiger partial charge < -0.3 is 5.32 Å². The molecule has 1 aromatic rings. The molecule has 1 fully saturated rings. The Bertz CT molecular complexity index is 346. The normalized spacial score (nSPS) is 25.9. The molecule has 0 bridgehead atoms. The first-order valence-corrected chi connectivity index (χ1v) is 6.83. The molecule has 0 radical (unpaired) electrons. The second kappa shape index (κ2) is 5.18. The Balaban J connectivity index is 2.35. The van der Waals surface area contributed by atoms with Gasteiger partial charge in [0.2, 0.25) is 0 Å². The van der Waals surface area contributed by atoms with E-state index in [2.05, 4.69) is 42.5 Å². The summed E-state index contributed by atoms with van der Waals surface area (Å²) in [5.74, 6) is 0.602. The smallest absolute Gasteiger partial charge is 0.0473 e. The summed E-state index contributed by atoms with van der Waals surface area (Å²) in [5, 5.41) is 3.79. The summed E-state index contributed by atoms with van der Waals surface area (Å²) in [4.78, 5) is 4.47. The molecule has 2 nitrogen and oxygen atoms in total. The minimum atomic E-state index is 0.136. The summed E-state index contributed by atoms with van der Waals surface area (Å²) >= 11 is 0. The number of hydrogen-bond donors (Lipinski definition) is 1. The zero-order chi connectivity index (χ0) is 12.3. The molecule has 0 saturated carbocycles. The highest BCUT2D eigenvalue weighted by molar-refractivity contribution is 5.24. The molecule has 1 aliphatic heterocycles. The van der Waals surface area contributed by atoms with E-state index >= 15 is 0 Å². The molecular weight excluding hydrogens is 208 g/mol. The van der Waals surface area contributed by atoms with E-state index in [9.17, 15) is 0 Å². The first-order chi connectivity index (χ1) is 8.15. The second-order valence-electron chi connectivity index (χ2n) is 5.55. The van der Waals surface area contributed by atoms with Crippen molar-refractivity contribution < 1.29 is 0 Å². The lowest BCUT2D eigenvalue weighted by atomic mass is 9.77. The van der Waals surface area contributed by atoms with E-state index in [1.807, 2.05) is 6.92 Å². The van der Waals surface area contributed by atoms with Crippen LogP contribution in [0, 0.1) is 12.8 Å². The molecule has 2 heteroatoms. The topological polar surface area (TPSA) is 24.9 Å². The van der Waals surface area contributed by atoms with Crippen LogP contribution in [0.3, 0.4) is 0 Å². The number of nitrogens with one attached hydrogen (secondary N) is 1. The molecule has 17 heavy (non-hydrogen) atoms. The molecule has 1 saturated heterocycles. The lowest BCUT2D eigenvalue weighted by Crippen LogP contribution is -2.46. The van der Waals surface area contributed by atoms with E-state index in [1.165, 1.54) is 31.2 Å². The van der Waals surface area contributed by atoms with Gasteiger partial charge in [0.15, 0.2) is 0 Å². The Morgan fingerprint density at radius 3 is 2.71 bits per heavy atom. The van der Waals surface area contributed by atoms with Crippen molar-refractivity contribution in [3.05, 3.63) is 29.6 Å². The molecule has 1 aromatic heterocycles. The summed E-state index contributed by atoms with van der Waals surface area (Å²) in [6.07, 6.45) is 7.26. The number of aromatic nitrogens is 1. The Morgan fingerprint density at radius 2 is 2.06 bits per heavy atom. The van der Waals surface area contributed by atoms with Gasteiger partial charge in [-0.05, 0) is 43.9 Å². The summed E-state index contributed by atoms with van der Waals surface area (Å²) in [5.41, 5.74) is 2.60. The predicted octanol–water partition coefficient (Wildman–Crippen LogP) is 3.40. The third kappa shape index (κ3) is 2.52. The van der Waals surface area contributed by atoms with Crippen LogP contribution >= 0.6 is 0 Å². The maximum Gasteiger partial charge on any atom is 0.0473 e. The second-order valence-corrected chi connectivity index (χ2v) is 5.55. The largest absolute Gasteiger partial charge is 0.307 e. The molecular formula is C15H24N2. The van der Waals surface area contributed by atoms with Gasteiger partial charge in [-0.15, -0.1) is 0 Å². The van der Waals surface area contributed by atoms with Gasteiger partial charge >= 0.3 is 0 Å². The highest BCUT2D eigenvalue weighted by atomic mass is 15.0. The third-order valence-corrected chi connectivity index (χ3v) is 4.10. The maximum absolute atomic E-state index is 4.47. The van der Waals surface area contributed by atoms with E-state index in [0.29, 0.717) is 5.92 Å². The van der Waals surface area contributed by atoms with E-state index in [-0.39, 0.29) is 5.54 Å². The van der Waals surface area contributed by atoms with Gasteiger partial charge in [-0.2, -0.15) is 0 Å². The van der Waals surface area contributed by atoms with Gasteiger partial charge in [0.25, 0.3) is 0 Å². The fourth-order valence-electron chi connectivity index (χ4n) is 2.91. The monoisotopic (exact) mass is 232 g/mol. The van der Waals surface area contributed by atoms with Gasteiger partial charge in [0, 0.05) is 17.4 Å². The van der Waals surface area contributed by atoms with Crippen LogP contribution in [0.25, 0.3) is 0 Å². The summed E-state index contributed by atoms with van der Waals surface area (Å²) in [6, 6.07) is 4.38. The molecule has 1 N–H and O–H groups in total. The van der Waals surface area contributed by atoms with Gasteiger partial charge in [0.1, 0.15) is 0 Å². The molecule has 1 atom stereocenters. The number of pyridine rings is 1. The minimum Gasteiger partial charge on any atom is -0.307 e. The lowest BCUT2D eigenvalue weighted by molar-refractivity contribution is 0.230. The standard InChI is InChI=1S/C15H24N2/c1-12(2)15(9-5-4-6-10-17-15)14-8-7-13(3)16-11-14/h7-8,11-12,17H,4-6,9-10H2,1-3H3. The third-order valence-electron chi connectivity index (χ3n) is 4.10. The van der Waals surface area contributed by atoms with Crippen LogP contribution in [0.15, 0.2) is 18.3 Å². The highest BCUT2D eigenvalue weighted by Crippen LogP contribution is 2.36. The Labute approximate surface area is 105 Å². The highest BCUT2D eigenvalue weighted by Gasteiger charge is 2.35. The average molecular weight is 232 g/mol. The first kappa shape index (κ1) is 12.6. The predicted molar refractivity (Wildman–Crippen MR) is 72.0 cm³/mol. The Hall–Kier alpha value is -0.890. The first-order valence-electron chi connectivity index (χ1n) is 6.83. The van der Waals surface area contributed by atoms with E-state index in [0.717, 1.165) is 12.2 Å². The van der Waals surface area contributed by atoms with Crippen molar-refractivity contribution >= 4 is 0 Å². The fourth-order valence-corrected chi connectivity index (χ4v) is 2.91. The fraction of sp³-hybridized carbons (Fsp3) is 0.667. The quantitative estimate of drug-likeness (QED) is 0.845. The zero-order valence-electron chi connectivity index (χ0n) is 11.3. The van der Waals surface area contributed by atoms with Crippen molar-refractivity contribution in [1.29, 1.82) is 0 Å². The molecule has 2 rings (SSSR count). The van der Waals surface area contributed by atoms with Gasteiger partial charge in [-0.3, -0.25) is 4.98 Å². The van der Waals surface area contributed by atoms with Crippen LogP contribution in [-0.4, -0.2) is 11.5 Å². The summed E-state index contributed by atoms with van der Waals surface area (Å²) < 4.78 is 0. The van der Waals surface area contributed by atoms with Crippen molar-refractivity contribution in [3.63, 3.8) is 0 Å². The number of aryl methyl sites for hydroxylation is 1. The minimum absolute atomic E-state index is 0.136. The van der Waals surface area contributed by atoms with Crippen LogP contribution < -0.4 is 5.32 Å². The number of rotatable bonds is 2.